The summed E-state index contributed by atoms with van der Waals surface area (Å²) in [4.78, 5) is 0.0854. The highest BCUT2D eigenvalue weighted by Crippen LogP contribution is 2.21. The number of ether oxygens (including phenoxy) is 1. The smallest absolute Gasteiger partial charge is 0.263 e. The van der Waals surface area contributed by atoms with Crippen molar-refractivity contribution in [3.63, 3.8) is 0 Å². The SMILES string of the molecule is COc1cccc(Nc2ccc(NS(=O)(=O)c3ccc(Cl)cc3)nn2)c1. The van der Waals surface area contributed by atoms with Crippen LogP contribution in [0.4, 0.5) is 17.3 Å². The summed E-state index contributed by atoms with van der Waals surface area (Å²) in [5.41, 5.74) is 0.771. The Kier molecular flexibility index (Phi) is 5.24. The summed E-state index contributed by atoms with van der Waals surface area (Å²) in [6.45, 7) is 0. The normalized spacial score (nSPS) is 11.0. The number of nitrogens with zero attached hydrogens (tertiary/aromatic N) is 2. The molecule has 1 heterocycles. The first-order valence-corrected chi connectivity index (χ1v) is 9.35. The van der Waals surface area contributed by atoms with Crippen LogP contribution in [0.15, 0.2) is 65.6 Å². The van der Waals surface area contributed by atoms with Gasteiger partial charge in [0.1, 0.15) is 5.75 Å². The van der Waals surface area contributed by atoms with E-state index in [1.54, 1.807) is 19.2 Å². The number of aromatic nitrogens is 2. The van der Waals surface area contributed by atoms with Gasteiger partial charge in [-0.25, -0.2) is 8.42 Å². The molecular formula is C17H15ClN4O3S. The maximum absolute atomic E-state index is 12.3. The lowest BCUT2D eigenvalue weighted by Crippen LogP contribution is -2.14. The standard InChI is InChI=1S/C17H15ClN4O3S/c1-25-14-4-2-3-13(11-14)19-16-9-10-17(21-20-16)22-26(23,24)15-7-5-12(18)6-8-15/h2-11H,1H3,(H,19,20)(H,21,22). The molecule has 134 valence electrons. The van der Waals surface area contributed by atoms with E-state index in [1.165, 1.54) is 30.3 Å². The van der Waals surface area contributed by atoms with E-state index in [0.717, 1.165) is 5.69 Å². The molecule has 1 aromatic heterocycles. The van der Waals surface area contributed by atoms with Crippen LogP contribution in [0.5, 0.6) is 5.75 Å². The van der Waals surface area contributed by atoms with Crippen molar-refractivity contribution < 1.29 is 13.2 Å². The van der Waals surface area contributed by atoms with Gasteiger partial charge in [-0.05, 0) is 48.5 Å². The zero-order chi connectivity index (χ0) is 18.6. The highest BCUT2D eigenvalue weighted by atomic mass is 35.5. The highest BCUT2D eigenvalue weighted by Gasteiger charge is 2.15. The van der Waals surface area contributed by atoms with Crippen molar-refractivity contribution in [2.45, 2.75) is 4.90 Å². The van der Waals surface area contributed by atoms with Gasteiger partial charge in [-0.3, -0.25) is 4.72 Å². The van der Waals surface area contributed by atoms with Crippen LogP contribution in [-0.4, -0.2) is 25.7 Å². The van der Waals surface area contributed by atoms with Gasteiger partial charge < -0.3 is 10.1 Å². The fourth-order valence-electron chi connectivity index (χ4n) is 2.11. The van der Waals surface area contributed by atoms with E-state index in [1.807, 2.05) is 18.2 Å². The zero-order valence-electron chi connectivity index (χ0n) is 13.7. The number of rotatable bonds is 6. The fraction of sp³-hybridized carbons (Fsp3) is 0.0588. The van der Waals surface area contributed by atoms with Gasteiger partial charge >= 0.3 is 0 Å². The predicted molar refractivity (Wildman–Crippen MR) is 101 cm³/mol. The van der Waals surface area contributed by atoms with Gasteiger partial charge in [0.05, 0.1) is 12.0 Å². The first kappa shape index (κ1) is 18.0. The Morgan fingerprint density at radius 2 is 1.65 bits per heavy atom. The molecule has 0 atom stereocenters. The monoisotopic (exact) mass is 390 g/mol. The quantitative estimate of drug-likeness (QED) is 0.666. The maximum atomic E-state index is 12.3. The van der Waals surface area contributed by atoms with Crippen LogP contribution in [0.25, 0.3) is 0 Å². The molecule has 0 aliphatic heterocycles. The largest absolute Gasteiger partial charge is 0.497 e. The Morgan fingerprint density at radius 1 is 0.962 bits per heavy atom. The van der Waals surface area contributed by atoms with E-state index in [2.05, 4.69) is 20.2 Å². The van der Waals surface area contributed by atoms with Crippen LogP contribution in [0.3, 0.4) is 0 Å². The number of sulfonamides is 1. The molecule has 0 saturated carbocycles. The van der Waals surface area contributed by atoms with E-state index >= 15 is 0 Å². The van der Waals surface area contributed by atoms with Gasteiger partial charge in [0.2, 0.25) is 0 Å². The Hall–Kier alpha value is -2.84. The summed E-state index contributed by atoms with van der Waals surface area (Å²) >= 11 is 5.77. The topological polar surface area (TPSA) is 93.2 Å². The van der Waals surface area contributed by atoms with Gasteiger partial charge in [0.25, 0.3) is 10.0 Å². The molecule has 0 aliphatic carbocycles. The van der Waals surface area contributed by atoms with Gasteiger partial charge in [-0.2, -0.15) is 0 Å². The van der Waals surface area contributed by atoms with E-state index in [9.17, 15) is 8.42 Å². The van der Waals surface area contributed by atoms with Gasteiger partial charge in [0.15, 0.2) is 11.6 Å². The van der Waals surface area contributed by atoms with Crippen molar-refractivity contribution in [1.29, 1.82) is 0 Å². The Labute approximate surface area is 156 Å². The van der Waals surface area contributed by atoms with Crippen molar-refractivity contribution in [3.05, 3.63) is 65.7 Å². The summed E-state index contributed by atoms with van der Waals surface area (Å²) in [6.07, 6.45) is 0. The van der Waals surface area contributed by atoms with Crippen LogP contribution in [0.2, 0.25) is 5.02 Å². The fourth-order valence-corrected chi connectivity index (χ4v) is 3.23. The lowest BCUT2D eigenvalue weighted by molar-refractivity contribution is 0.415. The maximum Gasteiger partial charge on any atom is 0.263 e. The Morgan fingerprint density at radius 3 is 2.31 bits per heavy atom. The molecule has 3 aromatic rings. The number of nitrogens with one attached hydrogen (secondary N) is 2. The highest BCUT2D eigenvalue weighted by molar-refractivity contribution is 7.92. The third-order valence-corrected chi connectivity index (χ3v) is 4.99. The third kappa shape index (κ3) is 4.41. The molecule has 2 aromatic carbocycles. The van der Waals surface area contributed by atoms with Crippen LogP contribution < -0.4 is 14.8 Å². The molecule has 0 saturated heterocycles. The van der Waals surface area contributed by atoms with Crippen LogP contribution in [0.1, 0.15) is 0 Å². The first-order valence-electron chi connectivity index (χ1n) is 7.49. The van der Waals surface area contributed by atoms with Gasteiger partial charge in [-0.1, -0.05) is 17.7 Å². The Balaban J connectivity index is 1.72. The van der Waals surface area contributed by atoms with Crippen LogP contribution in [0, 0.1) is 0 Å². The predicted octanol–water partition coefficient (Wildman–Crippen LogP) is 3.68. The van der Waals surface area contributed by atoms with E-state index in [-0.39, 0.29) is 10.7 Å². The van der Waals surface area contributed by atoms with E-state index in [0.29, 0.717) is 16.6 Å². The van der Waals surface area contributed by atoms with Gasteiger partial charge in [-0.15, -0.1) is 10.2 Å². The summed E-state index contributed by atoms with van der Waals surface area (Å²) < 4.78 is 32.1. The number of hydrogen-bond donors (Lipinski definition) is 2. The molecular weight excluding hydrogens is 376 g/mol. The second-order valence-corrected chi connectivity index (χ2v) is 7.34. The van der Waals surface area contributed by atoms with Crippen molar-refractivity contribution >= 4 is 38.9 Å². The second kappa shape index (κ2) is 7.59. The molecule has 0 aliphatic rings. The van der Waals surface area contributed by atoms with Crippen LogP contribution in [-0.2, 0) is 10.0 Å². The van der Waals surface area contributed by atoms with Crippen molar-refractivity contribution in [1.82, 2.24) is 10.2 Å². The van der Waals surface area contributed by atoms with Crippen LogP contribution >= 0.6 is 11.6 Å². The lowest BCUT2D eigenvalue weighted by atomic mass is 10.3. The van der Waals surface area contributed by atoms with E-state index in [4.69, 9.17) is 16.3 Å². The molecule has 0 spiro atoms. The number of methoxy groups -OCH3 is 1. The minimum Gasteiger partial charge on any atom is -0.497 e. The molecule has 7 nitrogen and oxygen atoms in total. The van der Waals surface area contributed by atoms with Gasteiger partial charge in [0, 0.05) is 16.8 Å². The summed E-state index contributed by atoms with van der Waals surface area (Å²) in [7, 11) is -2.18. The molecule has 0 fully saturated rings. The molecule has 2 N–H and O–H groups in total. The van der Waals surface area contributed by atoms with Crippen molar-refractivity contribution in [3.8, 4) is 5.75 Å². The number of benzene rings is 2. The average molecular weight is 391 g/mol. The molecule has 0 unspecified atom stereocenters. The number of halogens is 1. The summed E-state index contributed by atoms with van der Waals surface area (Å²) in [6, 6.07) is 16.3. The number of anilines is 3. The third-order valence-electron chi connectivity index (χ3n) is 3.37. The molecule has 3 rings (SSSR count). The van der Waals surface area contributed by atoms with Crippen molar-refractivity contribution in [2.24, 2.45) is 0 Å². The second-order valence-electron chi connectivity index (χ2n) is 5.22. The minimum atomic E-state index is -3.76. The average Bonchev–Trinajstić information content (AvgIpc) is 2.64. The summed E-state index contributed by atoms with van der Waals surface area (Å²) in [5, 5.41) is 11.4. The molecule has 26 heavy (non-hydrogen) atoms. The van der Waals surface area contributed by atoms with E-state index < -0.39 is 10.0 Å². The molecule has 9 heteroatoms. The molecule has 0 radical (unpaired) electrons. The molecule has 0 amide bonds. The summed E-state index contributed by atoms with van der Waals surface area (Å²) in [5.74, 6) is 1.28. The zero-order valence-corrected chi connectivity index (χ0v) is 15.3. The molecule has 0 bridgehead atoms. The minimum absolute atomic E-state index is 0.0854. The Bertz CT molecular complexity index is 993. The lowest BCUT2D eigenvalue weighted by Gasteiger charge is -2.09. The number of hydrogen-bond acceptors (Lipinski definition) is 6. The first-order chi connectivity index (χ1) is 12.5. The van der Waals surface area contributed by atoms with Crippen molar-refractivity contribution in [2.75, 3.05) is 17.1 Å².